The average Bonchev–Trinajstić information content (AvgIpc) is 3.22. The molecule has 1 saturated heterocycles. The lowest BCUT2D eigenvalue weighted by molar-refractivity contribution is -0.135. The van der Waals surface area contributed by atoms with Gasteiger partial charge in [0.2, 0.25) is 5.91 Å². The summed E-state index contributed by atoms with van der Waals surface area (Å²) in [4.78, 5) is 17.3. The van der Waals surface area contributed by atoms with E-state index in [0.29, 0.717) is 12.5 Å². The second kappa shape index (κ2) is 9.99. The van der Waals surface area contributed by atoms with E-state index in [4.69, 9.17) is 4.42 Å². The number of carbonyl (C=O) groups is 1. The van der Waals surface area contributed by atoms with E-state index >= 15 is 0 Å². The number of furan rings is 1. The lowest BCUT2D eigenvalue weighted by Gasteiger charge is -2.31. The number of halogens is 1. The number of rotatable bonds is 8. The Labute approximate surface area is 186 Å². The summed E-state index contributed by atoms with van der Waals surface area (Å²) in [6, 6.07) is 9.05. The Balaban J connectivity index is 1.83. The highest BCUT2D eigenvalue weighted by atomic mass is 19.1. The zero-order valence-corrected chi connectivity index (χ0v) is 19.8. The summed E-state index contributed by atoms with van der Waals surface area (Å²) in [6.45, 7) is 16.1. The summed E-state index contributed by atoms with van der Waals surface area (Å²) in [5.41, 5.74) is 2.18. The Morgan fingerprint density at radius 3 is 2.52 bits per heavy atom. The van der Waals surface area contributed by atoms with E-state index in [9.17, 15) is 9.18 Å². The van der Waals surface area contributed by atoms with Gasteiger partial charge in [0.15, 0.2) is 0 Å². The Kier molecular flexibility index (Phi) is 7.58. The molecule has 0 unspecified atom stereocenters. The number of hydrogen-bond acceptors (Lipinski definition) is 3. The SMILES string of the molecule is Cc1cc(CN2C[C@H](CN(CC(C)C)C(=O)C(C)C)[C@@H](c3cccc(F)c3)C2)oc1C. The summed E-state index contributed by atoms with van der Waals surface area (Å²) in [7, 11) is 0. The second-order valence-electron chi connectivity index (χ2n) is 9.86. The molecule has 0 bridgehead atoms. The Hall–Kier alpha value is -2.14. The van der Waals surface area contributed by atoms with Gasteiger partial charge in [-0.3, -0.25) is 9.69 Å². The fourth-order valence-electron chi connectivity index (χ4n) is 4.68. The molecule has 2 aromatic rings. The van der Waals surface area contributed by atoms with E-state index < -0.39 is 0 Å². The smallest absolute Gasteiger partial charge is 0.225 e. The molecule has 1 aliphatic heterocycles. The minimum atomic E-state index is -0.204. The molecule has 1 fully saturated rings. The third-order valence-corrected chi connectivity index (χ3v) is 6.24. The first-order chi connectivity index (χ1) is 14.6. The fraction of sp³-hybridized carbons (Fsp3) is 0.577. The standard InChI is InChI=1S/C26H37FN2O2/c1-17(2)12-29(26(30)18(3)4)14-22-13-28(15-24-10-19(5)20(6)31-24)16-25(22)21-8-7-9-23(27)11-21/h7-11,17-18,22,25H,12-16H2,1-6H3/t22-,25-/m1/s1. The number of aryl methyl sites for hydroxylation is 2. The van der Waals surface area contributed by atoms with Gasteiger partial charge in [0.05, 0.1) is 6.54 Å². The van der Waals surface area contributed by atoms with Crippen LogP contribution in [0.1, 0.15) is 56.3 Å². The highest BCUT2D eigenvalue weighted by Crippen LogP contribution is 2.35. The van der Waals surface area contributed by atoms with Crippen LogP contribution < -0.4 is 0 Å². The van der Waals surface area contributed by atoms with Crippen LogP contribution in [0.4, 0.5) is 4.39 Å². The van der Waals surface area contributed by atoms with E-state index in [1.54, 1.807) is 12.1 Å². The van der Waals surface area contributed by atoms with Gasteiger partial charge >= 0.3 is 0 Å². The van der Waals surface area contributed by atoms with Gasteiger partial charge in [-0.25, -0.2) is 4.39 Å². The van der Waals surface area contributed by atoms with Crippen molar-refractivity contribution in [2.75, 3.05) is 26.2 Å². The van der Waals surface area contributed by atoms with Gasteiger partial charge in [0, 0.05) is 38.0 Å². The van der Waals surface area contributed by atoms with Crippen molar-refractivity contribution < 1.29 is 13.6 Å². The molecular formula is C26H37FN2O2. The molecule has 2 atom stereocenters. The van der Waals surface area contributed by atoms with Crippen molar-refractivity contribution >= 4 is 5.91 Å². The van der Waals surface area contributed by atoms with Crippen molar-refractivity contribution in [1.29, 1.82) is 0 Å². The fourth-order valence-corrected chi connectivity index (χ4v) is 4.68. The lowest BCUT2D eigenvalue weighted by Crippen LogP contribution is -2.41. The van der Waals surface area contributed by atoms with E-state index in [1.807, 2.05) is 31.7 Å². The first-order valence-corrected chi connectivity index (χ1v) is 11.5. The van der Waals surface area contributed by atoms with Crippen molar-refractivity contribution in [2.24, 2.45) is 17.8 Å². The van der Waals surface area contributed by atoms with Gasteiger partial charge in [-0.1, -0.05) is 39.8 Å². The first kappa shape index (κ1) is 23.5. The maximum absolute atomic E-state index is 14.0. The topological polar surface area (TPSA) is 36.7 Å². The maximum atomic E-state index is 14.0. The Bertz CT molecular complexity index is 870. The van der Waals surface area contributed by atoms with Crippen LogP contribution >= 0.6 is 0 Å². The van der Waals surface area contributed by atoms with E-state index in [-0.39, 0.29) is 29.5 Å². The summed E-state index contributed by atoms with van der Waals surface area (Å²) < 4.78 is 19.9. The van der Waals surface area contributed by atoms with Crippen LogP contribution in [0.5, 0.6) is 0 Å². The lowest BCUT2D eigenvalue weighted by atomic mass is 9.88. The molecule has 170 valence electrons. The molecule has 5 heteroatoms. The highest BCUT2D eigenvalue weighted by molar-refractivity contribution is 5.78. The number of nitrogens with zero attached hydrogens (tertiary/aromatic N) is 2. The molecule has 1 aromatic carbocycles. The van der Waals surface area contributed by atoms with E-state index in [0.717, 1.165) is 48.8 Å². The number of hydrogen-bond donors (Lipinski definition) is 0. The van der Waals surface area contributed by atoms with Crippen molar-refractivity contribution in [3.63, 3.8) is 0 Å². The summed E-state index contributed by atoms with van der Waals surface area (Å²) in [6.07, 6.45) is 0. The van der Waals surface area contributed by atoms with Crippen molar-refractivity contribution in [3.8, 4) is 0 Å². The monoisotopic (exact) mass is 428 g/mol. The molecular weight excluding hydrogens is 391 g/mol. The molecule has 4 nitrogen and oxygen atoms in total. The third-order valence-electron chi connectivity index (χ3n) is 6.24. The minimum absolute atomic E-state index is 0.0297. The van der Waals surface area contributed by atoms with Gasteiger partial charge in [0.25, 0.3) is 0 Å². The molecule has 1 amide bonds. The van der Waals surface area contributed by atoms with Crippen LogP contribution in [0.15, 0.2) is 34.7 Å². The van der Waals surface area contributed by atoms with Crippen molar-refractivity contribution in [2.45, 2.75) is 54.0 Å². The highest BCUT2D eigenvalue weighted by Gasteiger charge is 2.36. The summed E-state index contributed by atoms with van der Waals surface area (Å²) in [5, 5.41) is 0. The van der Waals surface area contributed by atoms with Crippen LogP contribution in [-0.4, -0.2) is 41.9 Å². The summed E-state index contributed by atoms with van der Waals surface area (Å²) in [5.74, 6) is 2.72. The van der Waals surface area contributed by atoms with Crippen LogP contribution in [0.3, 0.4) is 0 Å². The Morgan fingerprint density at radius 2 is 1.94 bits per heavy atom. The van der Waals surface area contributed by atoms with Crippen LogP contribution in [0.2, 0.25) is 0 Å². The van der Waals surface area contributed by atoms with Crippen LogP contribution in [0, 0.1) is 37.4 Å². The maximum Gasteiger partial charge on any atom is 0.225 e. The predicted octanol–water partition coefficient (Wildman–Crippen LogP) is 5.39. The molecule has 1 aliphatic rings. The molecule has 31 heavy (non-hydrogen) atoms. The Morgan fingerprint density at radius 1 is 1.19 bits per heavy atom. The molecule has 2 heterocycles. The number of benzene rings is 1. The molecule has 1 aromatic heterocycles. The van der Waals surface area contributed by atoms with Crippen LogP contribution in [0.25, 0.3) is 0 Å². The summed E-state index contributed by atoms with van der Waals surface area (Å²) >= 11 is 0. The molecule has 3 rings (SSSR count). The molecule has 0 saturated carbocycles. The number of amides is 1. The van der Waals surface area contributed by atoms with Crippen LogP contribution in [-0.2, 0) is 11.3 Å². The van der Waals surface area contributed by atoms with E-state index in [1.165, 1.54) is 6.07 Å². The van der Waals surface area contributed by atoms with Gasteiger partial charge in [0.1, 0.15) is 17.3 Å². The molecule has 0 radical (unpaired) electrons. The molecule has 0 spiro atoms. The normalized spacial score (nSPS) is 19.5. The zero-order valence-electron chi connectivity index (χ0n) is 19.8. The van der Waals surface area contributed by atoms with Crippen molar-refractivity contribution in [1.82, 2.24) is 9.80 Å². The van der Waals surface area contributed by atoms with Gasteiger partial charge in [-0.2, -0.15) is 0 Å². The predicted molar refractivity (Wildman–Crippen MR) is 122 cm³/mol. The molecule has 0 N–H and O–H groups in total. The van der Waals surface area contributed by atoms with Gasteiger partial charge in [-0.15, -0.1) is 0 Å². The van der Waals surface area contributed by atoms with Crippen molar-refractivity contribution in [3.05, 3.63) is 58.8 Å². The largest absolute Gasteiger partial charge is 0.465 e. The van der Waals surface area contributed by atoms with Gasteiger partial charge in [-0.05, 0) is 55.0 Å². The minimum Gasteiger partial charge on any atom is -0.465 e. The first-order valence-electron chi connectivity index (χ1n) is 11.5. The second-order valence-corrected chi connectivity index (χ2v) is 9.86. The molecule has 0 aliphatic carbocycles. The average molecular weight is 429 g/mol. The number of likely N-dealkylation sites (tertiary alicyclic amines) is 1. The zero-order chi connectivity index (χ0) is 22.7. The van der Waals surface area contributed by atoms with E-state index in [2.05, 4.69) is 31.7 Å². The van der Waals surface area contributed by atoms with Gasteiger partial charge < -0.3 is 9.32 Å². The number of carbonyl (C=O) groups excluding carboxylic acids is 1. The quantitative estimate of drug-likeness (QED) is 0.565. The third kappa shape index (κ3) is 5.97.